The molecule has 0 heterocycles. The van der Waals surface area contributed by atoms with Crippen LogP contribution in [0.3, 0.4) is 0 Å². The minimum atomic E-state index is -0.935. The average molecular weight is 286 g/mol. The van der Waals surface area contributed by atoms with Gasteiger partial charge < -0.3 is 9.47 Å². The van der Waals surface area contributed by atoms with E-state index in [9.17, 15) is 9.18 Å². The van der Waals surface area contributed by atoms with Gasteiger partial charge in [-0.15, -0.1) is 0 Å². The molecule has 0 amide bonds. The van der Waals surface area contributed by atoms with E-state index in [-0.39, 0.29) is 16.3 Å². The van der Waals surface area contributed by atoms with Crippen molar-refractivity contribution in [3.05, 3.63) is 22.5 Å². The maximum atomic E-state index is 14.3. The number of halogens is 2. The first kappa shape index (κ1) is 13.8. The molecule has 19 heavy (non-hydrogen) atoms. The number of rotatable bonds is 4. The predicted octanol–water partition coefficient (Wildman–Crippen LogP) is 3.21. The van der Waals surface area contributed by atoms with Crippen LogP contribution in [0.25, 0.3) is 0 Å². The van der Waals surface area contributed by atoms with Crippen LogP contribution in [-0.4, -0.2) is 20.3 Å². The highest BCUT2D eigenvalue weighted by Gasteiger charge is 2.45. The Kier molecular flexibility index (Phi) is 3.78. The molecule has 1 aliphatic carbocycles. The molecule has 6 heteroatoms. The first-order valence-electron chi connectivity index (χ1n) is 5.79. The van der Waals surface area contributed by atoms with Crippen molar-refractivity contribution in [2.45, 2.75) is 24.8 Å². The van der Waals surface area contributed by atoms with E-state index in [0.717, 1.165) is 6.42 Å². The fraction of sp³-hybridized carbons (Fsp3) is 0.462. The Morgan fingerprint density at radius 2 is 2.11 bits per heavy atom. The summed E-state index contributed by atoms with van der Waals surface area (Å²) in [6, 6.07) is 1.34. The Labute approximate surface area is 115 Å². The predicted molar refractivity (Wildman–Crippen MR) is 68.2 cm³/mol. The minimum Gasteiger partial charge on any atom is -0.493 e. The van der Waals surface area contributed by atoms with Gasteiger partial charge in [0, 0.05) is 6.07 Å². The number of hydrogen-bond donors (Lipinski definition) is 0. The first-order chi connectivity index (χ1) is 9.09. The van der Waals surface area contributed by atoms with Crippen LogP contribution >= 0.6 is 11.6 Å². The van der Waals surface area contributed by atoms with Gasteiger partial charge in [0.1, 0.15) is 5.54 Å². The SMILES string of the molecule is COc1cc(Cl)c(F)c(C2(N=C=O)CCC2)c1OC. The van der Waals surface area contributed by atoms with Gasteiger partial charge in [-0.25, -0.2) is 9.18 Å². The fourth-order valence-electron chi connectivity index (χ4n) is 2.37. The molecule has 1 saturated carbocycles. The van der Waals surface area contributed by atoms with Gasteiger partial charge in [0.15, 0.2) is 17.3 Å². The minimum absolute atomic E-state index is 0.0833. The van der Waals surface area contributed by atoms with Gasteiger partial charge in [-0.1, -0.05) is 11.6 Å². The number of isocyanates is 1. The average Bonchev–Trinajstić information content (AvgIpc) is 2.37. The maximum Gasteiger partial charge on any atom is 0.235 e. The molecule has 102 valence electrons. The maximum absolute atomic E-state index is 14.3. The molecule has 0 bridgehead atoms. The van der Waals surface area contributed by atoms with E-state index >= 15 is 0 Å². The molecule has 0 radical (unpaired) electrons. The normalized spacial score (nSPS) is 16.2. The topological polar surface area (TPSA) is 47.9 Å². The van der Waals surface area contributed by atoms with Crippen molar-refractivity contribution in [3.63, 3.8) is 0 Å². The summed E-state index contributed by atoms with van der Waals surface area (Å²) in [6.45, 7) is 0. The molecule has 0 atom stereocenters. The number of ether oxygens (including phenoxy) is 2. The van der Waals surface area contributed by atoms with Crippen molar-refractivity contribution < 1.29 is 18.7 Å². The Hall–Kier alpha value is -1.58. The Balaban J connectivity index is 2.73. The summed E-state index contributed by atoms with van der Waals surface area (Å²) in [7, 11) is 2.85. The second-order valence-electron chi connectivity index (χ2n) is 4.37. The lowest BCUT2D eigenvalue weighted by molar-refractivity contribution is 0.233. The molecule has 4 nitrogen and oxygen atoms in total. The van der Waals surface area contributed by atoms with E-state index < -0.39 is 11.4 Å². The van der Waals surface area contributed by atoms with Crippen molar-refractivity contribution in [3.8, 4) is 11.5 Å². The van der Waals surface area contributed by atoms with Gasteiger partial charge >= 0.3 is 0 Å². The largest absolute Gasteiger partial charge is 0.493 e. The van der Waals surface area contributed by atoms with E-state index in [1.54, 1.807) is 0 Å². The summed E-state index contributed by atoms with van der Waals surface area (Å²) in [4.78, 5) is 14.4. The van der Waals surface area contributed by atoms with Crippen LogP contribution in [-0.2, 0) is 10.3 Å². The van der Waals surface area contributed by atoms with E-state index in [0.29, 0.717) is 18.6 Å². The molecule has 1 aromatic carbocycles. The van der Waals surface area contributed by atoms with E-state index in [4.69, 9.17) is 21.1 Å². The second-order valence-corrected chi connectivity index (χ2v) is 4.78. The van der Waals surface area contributed by atoms with Gasteiger partial charge in [-0.2, -0.15) is 4.99 Å². The second kappa shape index (κ2) is 5.19. The van der Waals surface area contributed by atoms with Gasteiger partial charge in [-0.3, -0.25) is 0 Å². The van der Waals surface area contributed by atoms with Crippen LogP contribution in [0, 0.1) is 5.82 Å². The number of nitrogens with zero attached hydrogens (tertiary/aromatic N) is 1. The van der Waals surface area contributed by atoms with Crippen LogP contribution in [0.2, 0.25) is 5.02 Å². The molecule has 0 aromatic heterocycles. The van der Waals surface area contributed by atoms with Crippen LogP contribution in [0.5, 0.6) is 11.5 Å². The molecular weight excluding hydrogens is 273 g/mol. The zero-order valence-corrected chi connectivity index (χ0v) is 11.4. The van der Waals surface area contributed by atoms with E-state index in [1.807, 2.05) is 0 Å². The van der Waals surface area contributed by atoms with Crippen LogP contribution < -0.4 is 9.47 Å². The molecule has 0 spiro atoms. The summed E-state index contributed by atoms with van der Waals surface area (Å²) in [6.07, 6.45) is 3.47. The summed E-state index contributed by atoms with van der Waals surface area (Å²) < 4.78 is 24.7. The Morgan fingerprint density at radius 1 is 1.42 bits per heavy atom. The number of carbonyl (C=O) groups excluding carboxylic acids is 1. The summed E-state index contributed by atoms with van der Waals surface area (Å²) in [5, 5.41) is -0.0833. The lowest BCUT2D eigenvalue weighted by Crippen LogP contribution is -2.33. The first-order valence-corrected chi connectivity index (χ1v) is 6.17. The zero-order valence-electron chi connectivity index (χ0n) is 10.6. The van der Waals surface area contributed by atoms with Crippen LogP contribution in [0.1, 0.15) is 24.8 Å². The van der Waals surface area contributed by atoms with Crippen molar-refractivity contribution >= 4 is 17.7 Å². The van der Waals surface area contributed by atoms with Gasteiger partial charge in [-0.05, 0) is 19.3 Å². The highest BCUT2D eigenvalue weighted by Crippen LogP contribution is 2.52. The Morgan fingerprint density at radius 3 is 2.53 bits per heavy atom. The summed E-state index contributed by atoms with van der Waals surface area (Å²) >= 11 is 5.86. The van der Waals surface area contributed by atoms with E-state index in [2.05, 4.69) is 4.99 Å². The molecule has 1 aliphatic rings. The highest BCUT2D eigenvalue weighted by atomic mass is 35.5. The number of benzene rings is 1. The van der Waals surface area contributed by atoms with Gasteiger partial charge in [0.2, 0.25) is 6.08 Å². The molecule has 1 fully saturated rings. The van der Waals surface area contributed by atoms with Crippen molar-refractivity contribution in [2.24, 2.45) is 4.99 Å². The van der Waals surface area contributed by atoms with E-state index in [1.165, 1.54) is 26.4 Å². The van der Waals surface area contributed by atoms with Gasteiger partial charge in [0.05, 0.1) is 24.8 Å². The summed E-state index contributed by atoms with van der Waals surface area (Å²) in [5.41, 5.74) is -0.760. The lowest BCUT2D eigenvalue weighted by Gasteiger charge is -2.38. The third-order valence-corrected chi connectivity index (χ3v) is 3.74. The van der Waals surface area contributed by atoms with Crippen molar-refractivity contribution in [1.82, 2.24) is 0 Å². The smallest absolute Gasteiger partial charge is 0.235 e. The molecule has 0 saturated heterocycles. The molecule has 0 unspecified atom stereocenters. The fourth-order valence-corrected chi connectivity index (χ4v) is 2.57. The van der Waals surface area contributed by atoms with Crippen LogP contribution in [0.15, 0.2) is 11.1 Å². The summed E-state index contributed by atoms with van der Waals surface area (Å²) in [5.74, 6) is -0.0857. The molecular formula is C13H13ClFNO3. The number of aliphatic imine (C=N–C) groups is 1. The third-order valence-electron chi connectivity index (χ3n) is 3.47. The molecule has 1 aromatic rings. The molecule has 0 aliphatic heterocycles. The standard InChI is InChI=1S/C13H13ClFNO3/c1-18-9-6-8(14)11(15)10(12(9)19-2)13(16-7-17)4-3-5-13/h6H,3-5H2,1-2H3. The zero-order chi connectivity index (χ0) is 14.0. The van der Waals surface area contributed by atoms with Gasteiger partial charge in [0.25, 0.3) is 0 Å². The number of methoxy groups -OCH3 is 2. The monoisotopic (exact) mass is 285 g/mol. The van der Waals surface area contributed by atoms with Crippen molar-refractivity contribution in [2.75, 3.05) is 14.2 Å². The molecule has 2 rings (SSSR count). The lowest BCUT2D eigenvalue weighted by atomic mass is 9.71. The highest BCUT2D eigenvalue weighted by molar-refractivity contribution is 6.31. The van der Waals surface area contributed by atoms with Crippen molar-refractivity contribution in [1.29, 1.82) is 0 Å². The number of hydrogen-bond acceptors (Lipinski definition) is 4. The third kappa shape index (κ3) is 2.09. The molecule has 0 N–H and O–H groups in total. The Bertz CT molecular complexity index is 551. The quantitative estimate of drug-likeness (QED) is 0.630. The van der Waals surface area contributed by atoms with Crippen LogP contribution in [0.4, 0.5) is 4.39 Å².